The van der Waals surface area contributed by atoms with Crippen LogP contribution in [0.1, 0.15) is 6.92 Å². The van der Waals surface area contributed by atoms with Crippen molar-refractivity contribution in [2.45, 2.75) is 13.0 Å². The summed E-state index contributed by atoms with van der Waals surface area (Å²) in [6.07, 6.45) is 0. The number of hydrogen-bond acceptors (Lipinski definition) is 8. The molecule has 10 nitrogen and oxygen atoms in total. The zero-order valence-corrected chi connectivity index (χ0v) is 16.1. The molecular weight excluding hydrogens is 358 g/mol. The fourth-order valence-corrected chi connectivity index (χ4v) is 2.40. The number of aliphatic carboxylic acids is 1. The number of nitrogens with one attached hydrogen (secondary N) is 2. The number of carbonyl (C=O) groups excluding carboxylic acids is 1. The number of carboxylic acid groups (broad SMARTS) is 1. The Morgan fingerprint density at radius 3 is 1.89 bits per heavy atom. The van der Waals surface area contributed by atoms with E-state index >= 15 is 0 Å². The molecule has 1 saturated heterocycles. The van der Waals surface area contributed by atoms with Crippen molar-refractivity contribution in [3.63, 3.8) is 0 Å². The maximum atomic E-state index is 12.1. The fourth-order valence-electron chi connectivity index (χ4n) is 2.40. The second-order valence-electron chi connectivity index (χ2n) is 6.02. The lowest BCUT2D eigenvalue weighted by molar-refractivity contribution is -0.138. The molecule has 0 aromatic rings. The molecule has 1 aliphatic rings. The summed E-state index contributed by atoms with van der Waals surface area (Å²) in [5.41, 5.74) is 0. The molecule has 0 unspecified atom stereocenters. The first-order chi connectivity index (χ1) is 13.1. The number of carbonyl (C=O) groups is 2. The Bertz CT molecular complexity index is 394. The van der Waals surface area contributed by atoms with E-state index < -0.39 is 18.6 Å². The normalized spacial score (nSPS) is 21.5. The molecule has 1 atom stereocenters. The smallest absolute Gasteiger partial charge is 0.322 e. The maximum absolute atomic E-state index is 12.1. The minimum absolute atomic E-state index is 0.335. The molecule has 1 amide bonds. The van der Waals surface area contributed by atoms with Gasteiger partial charge >= 0.3 is 5.97 Å². The van der Waals surface area contributed by atoms with E-state index in [2.05, 4.69) is 10.6 Å². The van der Waals surface area contributed by atoms with Crippen LogP contribution in [0.4, 0.5) is 0 Å². The van der Waals surface area contributed by atoms with Crippen LogP contribution in [-0.4, -0.2) is 114 Å². The summed E-state index contributed by atoms with van der Waals surface area (Å²) in [7, 11) is 0. The number of ether oxygens (including phenoxy) is 4. The lowest BCUT2D eigenvalue weighted by Crippen LogP contribution is -2.48. The third-order valence-electron chi connectivity index (χ3n) is 3.98. The summed E-state index contributed by atoms with van der Waals surface area (Å²) in [5.74, 6) is -1.41. The van der Waals surface area contributed by atoms with Crippen LogP contribution >= 0.6 is 0 Å². The second kappa shape index (κ2) is 15.7. The highest BCUT2D eigenvalue weighted by Crippen LogP contribution is 2.00. The summed E-state index contributed by atoms with van der Waals surface area (Å²) in [5, 5.41) is 14.3. The molecule has 1 fully saturated rings. The zero-order valence-electron chi connectivity index (χ0n) is 16.1. The largest absolute Gasteiger partial charge is 0.480 e. The first-order valence-corrected chi connectivity index (χ1v) is 9.36. The summed E-state index contributed by atoms with van der Waals surface area (Å²) >= 11 is 0. The predicted molar refractivity (Wildman–Crippen MR) is 97.8 cm³/mol. The van der Waals surface area contributed by atoms with E-state index in [9.17, 15) is 9.59 Å². The van der Waals surface area contributed by atoms with Crippen molar-refractivity contribution in [3.05, 3.63) is 0 Å². The average Bonchev–Trinajstić information content (AvgIpc) is 2.65. The van der Waals surface area contributed by atoms with Crippen LogP contribution in [0, 0.1) is 0 Å². The van der Waals surface area contributed by atoms with Crippen molar-refractivity contribution in [3.8, 4) is 0 Å². The van der Waals surface area contributed by atoms with Crippen LogP contribution in [0.15, 0.2) is 0 Å². The maximum Gasteiger partial charge on any atom is 0.322 e. The highest BCUT2D eigenvalue weighted by atomic mass is 16.5. The summed E-state index contributed by atoms with van der Waals surface area (Å²) in [4.78, 5) is 24.7. The molecule has 0 aromatic carbocycles. The molecule has 10 heteroatoms. The van der Waals surface area contributed by atoms with Gasteiger partial charge in [-0.15, -0.1) is 0 Å². The van der Waals surface area contributed by atoms with Gasteiger partial charge in [-0.1, -0.05) is 0 Å². The number of hydrogen-bond donors (Lipinski definition) is 3. The summed E-state index contributed by atoms with van der Waals surface area (Å²) in [6, 6.07) is -0.485. The molecule has 0 bridgehead atoms. The van der Waals surface area contributed by atoms with Gasteiger partial charge in [0.2, 0.25) is 5.91 Å². The van der Waals surface area contributed by atoms with Crippen LogP contribution in [0.3, 0.4) is 0 Å². The van der Waals surface area contributed by atoms with E-state index in [4.69, 9.17) is 24.1 Å². The molecular formula is C17H33N3O7. The van der Waals surface area contributed by atoms with Crippen molar-refractivity contribution < 1.29 is 33.6 Å². The van der Waals surface area contributed by atoms with Crippen molar-refractivity contribution >= 4 is 11.9 Å². The highest BCUT2D eigenvalue weighted by Gasteiger charge is 2.21. The van der Waals surface area contributed by atoms with Crippen molar-refractivity contribution in [1.82, 2.24) is 15.5 Å². The third kappa shape index (κ3) is 12.7. The minimum atomic E-state index is -1.07. The van der Waals surface area contributed by atoms with Crippen molar-refractivity contribution in [2.24, 2.45) is 0 Å². The van der Waals surface area contributed by atoms with E-state index in [-0.39, 0.29) is 5.91 Å². The quantitative estimate of drug-likeness (QED) is 0.529. The molecule has 0 aliphatic carbocycles. The Morgan fingerprint density at radius 1 is 0.926 bits per heavy atom. The van der Waals surface area contributed by atoms with Crippen LogP contribution in [0.25, 0.3) is 0 Å². The lowest BCUT2D eigenvalue weighted by atomic mass is 10.2. The first kappa shape index (κ1) is 23.7. The molecule has 1 heterocycles. The second-order valence-corrected chi connectivity index (χ2v) is 6.02. The van der Waals surface area contributed by atoms with Crippen LogP contribution < -0.4 is 10.6 Å². The number of rotatable bonds is 4. The SMILES string of the molecule is C[C@H](C(=O)NCC(=O)O)N1CCOCCOCCNCCOCCOCC1. The van der Waals surface area contributed by atoms with Crippen molar-refractivity contribution in [1.29, 1.82) is 0 Å². The highest BCUT2D eigenvalue weighted by molar-refractivity contribution is 5.84. The molecule has 3 N–H and O–H groups in total. The van der Waals surface area contributed by atoms with E-state index in [1.165, 1.54) is 0 Å². The Balaban J connectivity index is 2.44. The summed E-state index contributed by atoms with van der Waals surface area (Å²) < 4.78 is 22.1. The van der Waals surface area contributed by atoms with Gasteiger partial charge in [0.25, 0.3) is 0 Å². The molecule has 1 rings (SSSR count). The number of carboxylic acids is 1. The van der Waals surface area contributed by atoms with Crippen LogP contribution in [0.2, 0.25) is 0 Å². The van der Waals surface area contributed by atoms with Gasteiger partial charge in [-0.3, -0.25) is 14.5 Å². The van der Waals surface area contributed by atoms with E-state index in [0.717, 1.165) is 13.1 Å². The van der Waals surface area contributed by atoms with E-state index in [1.807, 2.05) is 4.90 Å². The van der Waals surface area contributed by atoms with Gasteiger partial charge in [-0.05, 0) is 6.92 Å². The summed E-state index contributed by atoms with van der Waals surface area (Å²) in [6.45, 7) is 8.02. The Labute approximate surface area is 160 Å². The molecule has 0 saturated carbocycles. The Hall–Kier alpha value is -1.30. The molecule has 0 radical (unpaired) electrons. The van der Waals surface area contributed by atoms with Gasteiger partial charge in [0.1, 0.15) is 6.54 Å². The molecule has 1 aliphatic heterocycles. The number of amides is 1. The van der Waals surface area contributed by atoms with Crippen molar-refractivity contribution in [2.75, 3.05) is 85.6 Å². The molecule has 0 aromatic heterocycles. The van der Waals surface area contributed by atoms with Crippen LogP contribution in [0.5, 0.6) is 0 Å². The van der Waals surface area contributed by atoms with E-state index in [0.29, 0.717) is 65.9 Å². The van der Waals surface area contributed by atoms with Gasteiger partial charge < -0.3 is 34.7 Å². The van der Waals surface area contributed by atoms with Gasteiger partial charge in [0.15, 0.2) is 0 Å². The monoisotopic (exact) mass is 391 g/mol. The average molecular weight is 391 g/mol. The topological polar surface area (TPSA) is 119 Å². The standard InChI is InChI=1S/C17H33N3O7/c1-15(17(23)19-14-16(21)22)20-4-8-26-12-10-24-6-2-18-3-7-25-11-13-27-9-5-20/h15,18H,2-14H2,1H3,(H,19,23)(H,21,22)/t15-/m1/s1. The van der Waals surface area contributed by atoms with E-state index in [1.54, 1.807) is 6.92 Å². The minimum Gasteiger partial charge on any atom is -0.480 e. The molecule has 158 valence electrons. The Morgan fingerprint density at radius 2 is 1.41 bits per heavy atom. The number of nitrogens with zero attached hydrogens (tertiary/aromatic N) is 1. The Kier molecular flexibility index (Phi) is 13.8. The fraction of sp³-hybridized carbons (Fsp3) is 0.882. The lowest BCUT2D eigenvalue weighted by Gasteiger charge is -2.28. The zero-order chi connectivity index (χ0) is 19.7. The predicted octanol–water partition coefficient (Wildman–Crippen LogP) is -1.45. The van der Waals surface area contributed by atoms with Crippen LogP contribution in [-0.2, 0) is 28.5 Å². The molecule has 0 spiro atoms. The first-order valence-electron chi connectivity index (χ1n) is 9.36. The van der Waals surface area contributed by atoms with Gasteiger partial charge in [0, 0.05) is 26.2 Å². The third-order valence-corrected chi connectivity index (χ3v) is 3.98. The molecule has 27 heavy (non-hydrogen) atoms. The van der Waals surface area contributed by atoms with Gasteiger partial charge in [0.05, 0.1) is 58.9 Å². The van der Waals surface area contributed by atoms with Gasteiger partial charge in [-0.2, -0.15) is 0 Å². The van der Waals surface area contributed by atoms with Gasteiger partial charge in [-0.25, -0.2) is 0 Å².